The Morgan fingerprint density at radius 1 is 1.41 bits per heavy atom. The van der Waals surface area contributed by atoms with Crippen molar-refractivity contribution in [1.82, 2.24) is 9.80 Å². The zero-order chi connectivity index (χ0) is 19.4. The van der Waals surface area contributed by atoms with Gasteiger partial charge in [0.1, 0.15) is 12.0 Å². The summed E-state index contributed by atoms with van der Waals surface area (Å²) in [7, 11) is -1.51. The van der Waals surface area contributed by atoms with Gasteiger partial charge in [-0.25, -0.2) is 8.42 Å². The number of carbonyl (C=O) groups is 1. The SMILES string of the molecule is CN(C(=O)COc1coc(CN2CCSCC2)cc1=O)[C@@H]1CCS(=O)(=O)C1. The average Bonchev–Trinajstić information content (AvgIpc) is 3.01. The molecule has 0 spiro atoms. The lowest BCUT2D eigenvalue weighted by atomic mass is 10.2. The van der Waals surface area contributed by atoms with Crippen molar-refractivity contribution in [3.05, 3.63) is 28.3 Å². The average molecular weight is 417 g/mol. The topological polar surface area (TPSA) is 97.1 Å². The minimum absolute atomic E-state index is 0.0197. The first kappa shape index (κ1) is 20.2. The first-order chi connectivity index (χ1) is 12.8. The van der Waals surface area contributed by atoms with Crippen molar-refractivity contribution in [2.24, 2.45) is 0 Å². The van der Waals surface area contributed by atoms with Gasteiger partial charge in [0.25, 0.3) is 5.91 Å². The summed E-state index contributed by atoms with van der Waals surface area (Å²) in [5.41, 5.74) is -0.332. The van der Waals surface area contributed by atoms with Crippen LogP contribution >= 0.6 is 11.8 Å². The van der Waals surface area contributed by atoms with Gasteiger partial charge in [0.2, 0.25) is 11.2 Å². The van der Waals surface area contributed by atoms with Gasteiger partial charge in [-0.1, -0.05) is 0 Å². The van der Waals surface area contributed by atoms with Crippen LogP contribution < -0.4 is 10.2 Å². The van der Waals surface area contributed by atoms with Gasteiger partial charge in [-0.2, -0.15) is 11.8 Å². The Hall–Kier alpha value is -1.52. The summed E-state index contributed by atoms with van der Waals surface area (Å²) in [4.78, 5) is 28.0. The van der Waals surface area contributed by atoms with Gasteiger partial charge in [-0.3, -0.25) is 14.5 Å². The highest BCUT2D eigenvalue weighted by Gasteiger charge is 2.32. The van der Waals surface area contributed by atoms with Crippen molar-refractivity contribution in [2.45, 2.75) is 19.0 Å². The van der Waals surface area contributed by atoms with E-state index in [2.05, 4.69) is 4.90 Å². The molecule has 1 amide bonds. The molecule has 2 aliphatic heterocycles. The number of rotatable bonds is 6. The van der Waals surface area contributed by atoms with E-state index < -0.39 is 9.84 Å². The molecule has 3 rings (SSSR count). The molecule has 8 nitrogen and oxygen atoms in total. The van der Waals surface area contributed by atoms with E-state index in [1.54, 1.807) is 7.05 Å². The second-order valence-electron chi connectivity index (χ2n) is 6.81. The Balaban J connectivity index is 1.53. The molecule has 2 fully saturated rings. The van der Waals surface area contributed by atoms with Crippen molar-refractivity contribution >= 4 is 27.5 Å². The van der Waals surface area contributed by atoms with Crippen molar-refractivity contribution < 1.29 is 22.4 Å². The van der Waals surface area contributed by atoms with Crippen LogP contribution in [0.3, 0.4) is 0 Å². The molecule has 1 aromatic heterocycles. The fourth-order valence-electron chi connectivity index (χ4n) is 3.13. The van der Waals surface area contributed by atoms with E-state index in [1.165, 1.54) is 17.2 Å². The first-order valence-electron chi connectivity index (χ1n) is 8.85. The number of carbonyl (C=O) groups excluding carboxylic acids is 1. The van der Waals surface area contributed by atoms with Crippen LogP contribution in [-0.4, -0.2) is 79.9 Å². The molecule has 1 aromatic rings. The van der Waals surface area contributed by atoms with E-state index in [-0.39, 0.29) is 41.2 Å². The summed E-state index contributed by atoms with van der Waals surface area (Å²) >= 11 is 1.91. The number of nitrogens with zero attached hydrogens (tertiary/aromatic N) is 2. The van der Waals surface area contributed by atoms with E-state index >= 15 is 0 Å². The zero-order valence-corrected chi connectivity index (χ0v) is 16.9. The summed E-state index contributed by atoms with van der Waals surface area (Å²) in [6.45, 7) is 2.17. The summed E-state index contributed by atoms with van der Waals surface area (Å²) < 4.78 is 33.9. The quantitative estimate of drug-likeness (QED) is 0.649. The minimum atomic E-state index is -3.07. The van der Waals surface area contributed by atoms with Crippen LogP contribution in [0.15, 0.2) is 21.5 Å². The van der Waals surface area contributed by atoms with Gasteiger partial charge in [-0.05, 0) is 6.42 Å². The molecule has 0 radical (unpaired) electrons. The van der Waals surface area contributed by atoms with Crippen LogP contribution in [0.25, 0.3) is 0 Å². The number of amides is 1. The van der Waals surface area contributed by atoms with Crippen molar-refractivity contribution in [3.8, 4) is 5.75 Å². The molecule has 2 aliphatic rings. The zero-order valence-electron chi connectivity index (χ0n) is 15.3. The third-order valence-corrected chi connectivity index (χ3v) is 7.53. The van der Waals surface area contributed by atoms with E-state index in [0.717, 1.165) is 24.6 Å². The molecular weight excluding hydrogens is 392 g/mol. The molecule has 0 unspecified atom stereocenters. The fraction of sp³-hybridized carbons (Fsp3) is 0.647. The number of thioether (sulfide) groups is 1. The van der Waals surface area contributed by atoms with E-state index in [9.17, 15) is 18.0 Å². The van der Waals surface area contributed by atoms with E-state index in [4.69, 9.17) is 9.15 Å². The lowest BCUT2D eigenvalue weighted by Gasteiger charge is -2.25. The summed E-state index contributed by atoms with van der Waals surface area (Å²) in [6.07, 6.45) is 1.67. The Morgan fingerprint density at radius 3 is 2.78 bits per heavy atom. The smallest absolute Gasteiger partial charge is 0.260 e. The predicted octanol–water partition coefficient (Wildman–Crippen LogP) is 0.213. The molecule has 150 valence electrons. The highest BCUT2D eigenvalue weighted by Crippen LogP contribution is 2.17. The van der Waals surface area contributed by atoms with E-state index in [1.807, 2.05) is 11.8 Å². The number of ether oxygens (including phenoxy) is 1. The van der Waals surface area contributed by atoms with Crippen molar-refractivity contribution in [1.29, 1.82) is 0 Å². The van der Waals surface area contributed by atoms with Gasteiger partial charge in [-0.15, -0.1) is 0 Å². The second kappa shape index (κ2) is 8.66. The van der Waals surface area contributed by atoms with Gasteiger partial charge in [0.05, 0.1) is 18.1 Å². The third-order valence-electron chi connectivity index (χ3n) is 4.84. The number of hydrogen-bond acceptors (Lipinski definition) is 8. The van der Waals surface area contributed by atoms with Gasteiger partial charge in [0, 0.05) is 43.8 Å². The number of hydrogen-bond donors (Lipinski definition) is 0. The highest BCUT2D eigenvalue weighted by molar-refractivity contribution is 7.99. The van der Waals surface area contributed by atoms with Crippen LogP contribution in [-0.2, 0) is 21.2 Å². The highest BCUT2D eigenvalue weighted by atomic mass is 32.2. The largest absolute Gasteiger partial charge is 0.477 e. The summed E-state index contributed by atoms with van der Waals surface area (Å²) in [5, 5.41) is 0. The monoisotopic (exact) mass is 416 g/mol. The molecule has 0 aromatic carbocycles. The summed E-state index contributed by atoms with van der Waals surface area (Å²) in [6, 6.07) is 1.06. The maximum Gasteiger partial charge on any atom is 0.260 e. The van der Waals surface area contributed by atoms with Crippen LogP contribution in [0, 0.1) is 0 Å². The lowest BCUT2D eigenvalue weighted by molar-refractivity contribution is -0.133. The van der Waals surface area contributed by atoms with Gasteiger partial charge in [0.15, 0.2) is 16.4 Å². The standard InChI is InChI=1S/C17H24N2O6S2/c1-18(13-2-7-27(22,23)12-13)17(21)11-25-16-10-24-14(8-15(16)20)9-19-3-5-26-6-4-19/h8,10,13H,2-7,9,11-12H2,1H3/t13-/m1/s1. The molecule has 1 atom stereocenters. The molecule has 0 saturated carbocycles. The molecule has 10 heteroatoms. The normalized spacial score (nSPS) is 22.5. The van der Waals surface area contributed by atoms with Crippen molar-refractivity contribution in [3.63, 3.8) is 0 Å². The fourth-order valence-corrected chi connectivity index (χ4v) is 5.89. The Bertz CT molecular complexity index is 832. The number of sulfone groups is 1. The lowest BCUT2D eigenvalue weighted by Crippen LogP contribution is -2.40. The molecular formula is C17H24N2O6S2. The van der Waals surface area contributed by atoms with Gasteiger partial charge < -0.3 is 14.1 Å². The predicted molar refractivity (Wildman–Crippen MR) is 103 cm³/mol. The van der Waals surface area contributed by atoms with Crippen LogP contribution in [0.2, 0.25) is 0 Å². The molecule has 2 saturated heterocycles. The maximum atomic E-state index is 12.2. The Kier molecular flexibility index (Phi) is 6.48. The van der Waals surface area contributed by atoms with E-state index in [0.29, 0.717) is 18.7 Å². The van der Waals surface area contributed by atoms with Crippen LogP contribution in [0.5, 0.6) is 5.75 Å². The molecule has 27 heavy (non-hydrogen) atoms. The number of likely N-dealkylation sites (N-methyl/N-ethyl adjacent to an activating group) is 1. The van der Waals surface area contributed by atoms with Crippen LogP contribution in [0.1, 0.15) is 12.2 Å². The maximum absolute atomic E-state index is 12.2. The molecule has 0 bridgehead atoms. The molecule has 0 aliphatic carbocycles. The first-order valence-corrected chi connectivity index (χ1v) is 11.8. The Labute approximate surface area is 162 Å². The third kappa shape index (κ3) is 5.49. The minimum Gasteiger partial charge on any atom is -0.477 e. The molecule has 3 heterocycles. The van der Waals surface area contributed by atoms with Crippen molar-refractivity contribution in [2.75, 3.05) is 49.8 Å². The van der Waals surface area contributed by atoms with Gasteiger partial charge >= 0.3 is 0 Å². The second-order valence-corrected chi connectivity index (χ2v) is 10.3. The Morgan fingerprint density at radius 2 is 2.15 bits per heavy atom. The summed E-state index contributed by atoms with van der Waals surface area (Å²) in [5.74, 6) is 2.39. The van der Waals surface area contributed by atoms with Crippen LogP contribution in [0.4, 0.5) is 0 Å². The molecule has 0 N–H and O–H groups in total.